The average Bonchev–Trinajstić information content (AvgIpc) is 2.68. The molecule has 4 fully saturated rings. The molecule has 0 radical (unpaired) electrons. The quantitative estimate of drug-likeness (QED) is 0.790. The minimum Gasteiger partial charge on any atom is -0.439 e. The summed E-state index contributed by atoms with van der Waals surface area (Å²) in [7, 11) is 0. The van der Waals surface area contributed by atoms with Crippen LogP contribution >= 0.6 is 0 Å². The average molecular weight is 363 g/mol. The van der Waals surface area contributed by atoms with Crippen molar-refractivity contribution in [1.29, 1.82) is 0 Å². The Morgan fingerprint density at radius 2 is 1.63 bits per heavy atom. The van der Waals surface area contributed by atoms with Gasteiger partial charge in [-0.15, -0.1) is 0 Å². The van der Waals surface area contributed by atoms with Gasteiger partial charge in [0, 0.05) is 17.8 Å². The second-order valence-corrected chi connectivity index (χ2v) is 8.59. The number of carbonyl (C=O) groups is 1. The third kappa shape index (κ3) is 3.16. The molecule has 0 atom stereocenters. The first kappa shape index (κ1) is 16.9. The Morgan fingerprint density at radius 1 is 0.963 bits per heavy atom. The van der Waals surface area contributed by atoms with Crippen LogP contribution < -0.4 is 4.74 Å². The molecule has 4 heteroatoms. The molecule has 4 bridgehead atoms. The number of aliphatic hydroxyl groups excluding tert-OH is 1. The molecule has 4 aliphatic carbocycles. The monoisotopic (exact) mass is 363 g/mol. The first-order valence-electron chi connectivity index (χ1n) is 10.1. The van der Waals surface area contributed by atoms with Gasteiger partial charge in [-0.1, -0.05) is 12.1 Å². The SMILES string of the molecule is O=C(CO)c1ccc(Oc2ccc(C3C4CC5CC(C4)CC3C5)cc2)nc1. The number of aliphatic hydroxyl groups is 1. The molecule has 1 N–H and O–H groups in total. The summed E-state index contributed by atoms with van der Waals surface area (Å²) < 4.78 is 5.82. The van der Waals surface area contributed by atoms with Crippen molar-refractivity contribution >= 4 is 5.78 Å². The van der Waals surface area contributed by atoms with E-state index in [9.17, 15) is 4.79 Å². The van der Waals surface area contributed by atoms with E-state index in [0.717, 1.165) is 35.3 Å². The smallest absolute Gasteiger partial charge is 0.219 e. The van der Waals surface area contributed by atoms with Gasteiger partial charge in [0.1, 0.15) is 12.4 Å². The molecule has 0 saturated heterocycles. The molecule has 4 aliphatic rings. The molecule has 1 aromatic heterocycles. The van der Waals surface area contributed by atoms with E-state index in [4.69, 9.17) is 9.84 Å². The van der Waals surface area contributed by atoms with Crippen LogP contribution in [-0.4, -0.2) is 22.5 Å². The molecule has 0 aliphatic heterocycles. The van der Waals surface area contributed by atoms with Crippen molar-refractivity contribution in [2.45, 2.75) is 38.0 Å². The second-order valence-electron chi connectivity index (χ2n) is 8.59. The number of hydrogen-bond donors (Lipinski definition) is 1. The first-order valence-corrected chi connectivity index (χ1v) is 10.1. The maximum Gasteiger partial charge on any atom is 0.219 e. The fourth-order valence-electron chi connectivity index (χ4n) is 6.05. The zero-order valence-corrected chi connectivity index (χ0v) is 15.4. The summed E-state index contributed by atoms with van der Waals surface area (Å²) in [5.41, 5.74) is 1.86. The Kier molecular flexibility index (Phi) is 4.24. The summed E-state index contributed by atoms with van der Waals surface area (Å²) in [6.07, 6.45) is 8.65. The number of ketones is 1. The molecule has 27 heavy (non-hydrogen) atoms. The maximum atomic E-state index is 11.4. The second kappa shape index (κ2) is 6.75. The van der Waals surface area contributed by atoms with Crippen molar-refractivity contribution < 1.29 is 14.6 Å². The van der Waals surface area contributed by atoms with Crippen molar-refractivity contribution in [3.05, 3.63) is 53.7 Å². The number of Topliss-reactive ketones (excluding diaryl/α,β-unsaturated/α-hetero) is 1. The summed E-state index contributed by atoms with van der Waals surface area (Å²) >= 11 is 0. The molecule has 4 nitrogen and oxygen atoms in total. The van der Waals surface area contributed by atoms with E-state index in [1.807, 2.05) is 12.1 Å². The number of ether oxygens (including phenoxy) is 1. The molecule has 1 heterocycles. The Labute approximate surface area is 159 Å². The third-order valence-electron chi connectivity index (χ3n) is 6.92. The predicted octanol–water partition coefficient (Wildman–Crippen LogP) is 4.59. The number of nitrogens with zero attached hydrogens (tertiary/aromatic N) is 1. The van der Waals surface area contributed by atoms with Gasteiger partial charge < -0.3 is 9.84 Å². The molecule has 1 aromatic carbocycles. The Morgan fingerprint density at radius 3 is 2.19 bits per heavy atom. The number of rotatable bonds is 5. The van der Waals surface area contributed by atoms with E-state index < -0.39 is 6.61 Å². The number of benzene rings is 1. The van der Waals surface area contributed by atoms with E-state index in [-0.39, 0.29) is 5.78 Å². The van der Waals surface area contributed by atoms with Gasteiger partial charge >= 0.3 is 0 Å². The maximum absolute atomic E-state index is 11.4. The fraction of sp³-hybridized carbons (Fsp3) is 0.478. The van der Waals surface area contributed by atoms with E-state index in [2.05, 4.69) is 17.1 Å². The minimum atomic E-state index is -0.506. The number of carbonyl (C=O) groups excluding carboxylic acids is 1. The van der Waals surface area contributed by atoms with Crippen LogP contribution in [0.15, 0.2) is 42.6 Å². The van der Waals surface area contributed by atoms with Crippen LogP contribution in [0.3, 0.4) is 0 Å². The van der Waals surface area contributed by atoms with Gasteiger partial charge in [-0.2, -0.15) is 0 Å². The summed E-state index contributed by atoms with van der Waals surface area (Å²) in [5, 5.41) is 8.89. The normalized spacial score (nSPS) is 31.1. The van der Waals surface area contributed by atoms with Gasteiger partial charge in [0.15, 0.2) is 5.78 Å². The van der Waals surface area contributed by atoms with Crippen LogP contribution in [-0.2, 0) is 0 Å². The molecular weight excluding hydrogens is 338 g/mol. The fourth-order valence-corrected chi connectivity index (χ4v) is 6.05. The lowest BCUT2D eigenvalue weighted by molar-refractivity contribution is -0.00279. The summed E-state index contributed by atoms with van der Waals surface area (Å²) in [6.45, 7) is -0.506. The molecule has 4 saturated carbocycles. The Hall–Kier alpha value is -2.20. The highest BCUT2D eigenvalue weighted by Gasteiger charge is 2.48. The van der Waals surface area contributed by atoms with Crippen LogP contribution in [0.25, 0.3) is 0 Å². The molecule has 6 rings (SSSR count). The lowest BCUT2D eigenvalue weighted by Gasteiger charge is -2.54. The first-order chi connectivity index (χ1) is 13.2. The molecule has 0 amide bonds. The highest BCUT2D eigenvalue weighted by Crippen LogP contribution is 2.59. The Balaban J connectivity index is 1.29. The number of hydrogen-bond acceptors (Lipinski definition) is 4. The van der Waals surface area contributed by atoms with Gasteiger partial charge in [-0.3, -0.25) is 4.79 Å². The van der Waals surface area contributed by atoms with E-state index in [0.29, 0.717) is 11.4 Å². The summed E-state index contributed by atoms with van der Waals surface area (Å²) in [4.78, 5) is 15.6. The van der Waals surface area contributed by atoms with Crippen LogP contribution in [0.5, 0.6) is 11.6 Å². The highest BCUT2D eigenvalue weighted by atomic mass is 16.5. The lowest BCUT2D eigenvalue weighted by Crippen LogP contribution is -2.43. The summed E-state index contributed by atoms with van der Waals surface area (Å²) in [5.74, 6) is 5.36. The van der Waals surface area contributed by atoms with Gasteiger partial charge in [-0.05, 0) is 85.5 Å². The van der Waals surface area contributed by atoms with Crippen molar-refractivity contribution in [2.75, 3.05) is 6.61 Å². The van der Waals surface area contributed by atoms with E-state index in [1.54, 1.807) is 12.1 Å². The van der Waals surface area contributed by atoms with E-state index >= 15 is 0 Å². The predicted molar refractivity (Wildman–Crippen MR) is 102 cm³/mol. The van der Waals surface area contributed by atoms with Gasteiger partial charge in [0.2, 0.25) is 5.88 Å². The molecular formula is C23H25NO3. The van der Waals surface area contributed by atoms with Crippen LogP contribution in [0.4, 0.5) is 0 Å². The third-order valence-corrected chi connectivity index (χ3v) is 6.92. The standard InChI is InChI=1S/C23H25NO3/c25-13-21(26)17-3-6-22(24-12-17)27-20-4-1-16(2-5-20)23-18-8-14-7-15(10-18)11-19(23)9-14/h1-6,12,14-15,18-19,23,25H,7-11,13H2. The van der Waals surface area contributed by atoms with Crippen LogP contribution in [0.1, 0.15) is 53.9 Å². The highest BCUT2D eigenvalue weighted by molar-refractivity contribution is 5.96. The number of aromatic nitrogens is 1. The van der Waals surface area contributed by atoms with Crippen molar-refractivity contribution in [3.63, 3.8) is 0 Å². The van der Waals surface area contributed by atoms with E-state index in [1.165, 1.54) is 43.9 Å². The molecule has 0 unspecified atom stereocenters. The minimum absolute atomic E-state index is 0.339. The largest absolute Gasteiger partial charge is 0.439 e. The lowest BCUT2D eigenvalue weighted by atomic mass is 9.51. The molecule has 2 aromatic rings. The zero-order chi connectivity index (χ0) is 18.4. The zero-order valence-electron chi connectivity index (χ0n) is 15.4. The van der Waals surface area contributed by atoms with Gasteiger partial charge in [0.25, 0.3) is 0 Å². The van der Waals surface area contributed by atoms with Crippen molar-refractivity contribution in [3.8, 4) is 11.6 Å². The molecule has 140 valence electrons. The van der Waals surface area contributed by atoms with Gasteiger partial charge in [0.05, 0.1) is 0 Å². The summed E-state index contributed by atoms with van der Waals surface area (Å²) in [6, 6.07) is 11.8. The topological polar surface area (TPSA) is 59.4 Å². The van der Waals surface area contributed by atoms with Crippen LogP contribution in [0, 0.1) is 23.7 Å². The van der Waals surface area contributed by atoms with Gasteiger partial charge in [-0.25, -0.2) is 4.98 Å². The Bertz CT molecular complexity index is 800. The van der Waals surface area contributed by atoms with Crippen molar-refractivity contribution in [1.82, 2.24) is 4.98 Å². The number of pyridine rings is 1. The van der Waals surface area contributed by atoms with Crippen molar-refractivity contribution in [2.24, 2.45) is 23.7 Å². The molecule has 0 spiro atoms. The van der Waals surface area contributed by atoms with Crippen LogP contribution in [0.2, 0.25) is 0 Å².